The van der Waals surface area contributed by atoms with Crippen LogP contribution in [0.25, 0.3) is 10.8 Å². The fourth-order valence-corrected chi connectivity index (χ4v) is 3.20. The Morgan fingerprint density at radius 3 is 2.50 bits per heavy atom. The SMILES string of the molecule is COc1ccc2cc([C@H](C)C(=O)NC3CCC(=O)CC3)ccc2c1. The van der Waals surface area contributed by atoms with Crippen LogP contribution in [0.4, 0.5) is 0 Å². The molecule has 1 aliphatic rings. The molecule has 1 atom stereocenters. The van der Waals surface area contributed by atoms with Crippen LogP contribution in [-0.4, -0.2) is 24.8 Å². The highest BCUT2D eigenvalue weighted by molar-refractivity contribution is 5.88. The van der Waals surface area contributed by atoms with Gasteiger partial charge in [0.1, 0.15) is 11.5 Å². The minimum atomic E-state index is -0.214. The lowest BCUT2D eigenvalue weighted by molar-refractivity contribution is -0.125. The number of nitrogens with one attached hydrogen (secondary N) is 1. The number of ketones is 1. The van der Waals surface area contributed by atoms with Crippen molar-refractivity contribution in [3.63, 3.8) is 0 Å². The summed E-state index contributed by atoms with van der Waals surface area (Å²) < 4.78 is 5.24. The number of hydrogen-bond acceptors (Lipinski definition) is 3. The number of Topliss-reactive ketones (excluding diaryl/α,β-unsaturated/α-hetero) is 1. The Kier molecular flexibility index (Phi) is 4.84. The van der Waals surface area contributed by atoms with E-state index in [2.05, 4.69) is 11.4 Å². The van der Waals surface area contributed by atoms with Crippen LogP contribution < -0.4 is 10.1 Å². The van der Waals surface area contributed by atoms with Crippen LogP contribution in [0.1, 0.15) is 44.1 Å². The Bertz CT molecular complexity index is 759. The summed E-state index contributed by atoms with van der Waals surface area (Å²) in [6, 6.07) is 12.1. The molecule has 0 saturated heterocycles. The molecule has 1 saturated carbocycles. The van der Waals surface area contributed by atoms with Crippen molar-refractivity contribution in [1.29, 1.82) is 0 Å². The number of rotatable bonds is 4. The highest BCUT2D eigenvalue weighted by Crippen LogP contribution is 2.25. The maximum Gasteiger partial charge on any atom is 0.227 e. The van der Waals surface area contributed by atoms with Crippen LogP contribution in [0, 0.1) is 0 Å². The third-order valence-electron chi connectivity index (χ3n) is 4.85. The summed E-state index contributed by atoms with van der Waals surface area (Å²) in [5.74, 6) is 0.947. The Morgan fingerprint density at radius 2 is 1.79 bits per heavy atom. The smallest absolute Gasteiger partial charge is 0.227 e. The molecule has 1 N–H and O–H groups in total. The monoisotopic (exact) mass is 325 g/mol. The van der Waals surface area contributed by atoms with Crippen LogP contribution in [0.5, 0.6) is 5.75 Å². The van der Waals surface area contributed by atoms with E-state index in [1.807, 2.05) is 37.3 Å². The van der Waals surface area contributed by atoms with E-state index in [1.54, 1.807) is 7.11 Å². The molecule has 1 fully saturated rings. The summed E-state index contributed by atoms with van der Waals surface area (Å²) >= 11 is 0. The van der Waals surface area contributed by atoms with Gasteiger partial charge in [0.2, 0.25) is 5.91 Å². The van der Waals surface area contributed by atoms with Crippen LogP contribution >= 0.6 is 0 Å². The van der Waals surface area contributed by atoms with Crippen LogP contribution in [0.2, 0.25) is 0 Å². The minimum Gasteiger partial charge on any atom is -0.497 e. The summed E-state index contributed by atoms with van der Waals surface area (Å²) in [5.41, 5.74) is 0.997. The van der Waals surface area contributed by atoms with E-state index in [4.69, 9.17) is 4.74 Å². The van der Waals surface area contributed by atoms with Gasteiger partial charge in [0.15, 0.2) is 0 Å². The number of methoxy groups -OCH3 is 1. The van der Waals surface area contributed by atoms with Crippen molar-refractivity contribution in [2.75, 3.05) is 7.11 Å². The van der Waals surface area contributed by atoms with Gasteiger partial charge in [-0.3, -0.25) is 9.59 Å². The average molecular weight is 325 g/mol. The predicted molar refractivity (Wildman–Crippen MR) is 94.3 cm³/mol. The van der Waals surface area contributed by atoms with E-state index < -0.39 is 0 Å². The first kappa shape index (κ1) is 16.5. The van der Waals surface area contributed by atoms with Crippen LogP contribution in [0.15, 0.2) is 36.4 Å². The first-order chi connectivity index (χ1) is 11.6. The van der Waals surface area contributed by atoms with E-state index in [9.17, 15) is 9.59 Å². The van der Waals surface area contributed by atoms with Gasteiger partial charge in [-0.15, -0.1) is 0 Å². The normalized spacial score (nSPS) is 16.8. The zero-order valence-corrected chi connectivity index (χ0v) is 14.2. The summed E-state index contributed by atoms with van der Waals surface area (Å²) in [6.07, 6.45) is 2.68. The molecule has 0 heterocycles. The number of amides is 1. The minimum absolute atomic E-state index is 0.0298. The molecule has 1 aliphatic carbocycles. The Hall–Kier alpha value is -2.36. The van der Waals surface area contributed by atoms with Gasteiger partial charge in [0, 0.05) is 18.9 Å². The Labute approximate surface area is 142 Å². The van der Waals surface area contributed by atoms with E-state index in [-0.39, 0.29) is 17.9 Å². The first-order valence-corrected chi connectivity index (χ1v) is 8.46. The lowest BCUT2D eigenvalue weighted by atomic mass is 9.92. The molecule has 4 nitrogen and oxygen atoms in total. The van der Waals surface area contributed by atoms with Crippen molar-refractivity contribution in [2.45, 2.75) is 44.6 Å². The summed E-state index contributed by atoms with van der Waals surface area (Å²) in [5, 5.41) is 5.28. The number of carbonyl (C=O) groups is 2. The third kappa shape index (κ3) is 3.58. The predicted octanol–water partition coefficient (Wildman–Crippen LogP) is 3.58. The van der Waals surface area contributed by atoms with Gasteiger partial charge in [-0.25, -0.2) is 0 Å². The van der Waals surface area contributed by atoms with E-state index in [0.29, 0.717) is 18.6 Å². The molecule has 0 aromatic heterocycles. The van der Waals surface area contributed by atoms with Crippen molar-refractivity contribution in [1.82, 2.24) is 5.32 Å². The van der Waals surface area contributed by atoms with Gasteiger partial charge >= 0.3 is 0 Å². The molecule has 126 valence electrons. The molecule has 2 aromatic carbocycles. The topological polar surface area (TPSA) is 55.4 Å². The molecule has 4 heteroatoms. The third-order valence-corrected chi connectivity index (χ3v) is 4.85. The molecule has 24 heavy (non-hydrogen) atoms. The van der Waals surface area contributed by atoms with Crippen molar-refractivity contribution in [3.05, 3.63) is 42.0 Å². The summed E-state index contributed by atoms with van der Waals surface area (Å²) in [6.45, 7) is 1.92. The van der Waals surface area contributed by atoms with Crippen LogP contribution in [0.3, 0.4) is 0 Å². The van der Waals surface area contributed by atoms with Gasteiger partial charge in [0.05, 0.1) is 13.0 Å². The second-order valence-corrected chi connectivity index (χ2v) is 6.52. The highest BCUT2D eigenvalue weighted by atomic mass is 16.5. The first-order valence-electron chi connectivity index (χ1n) is 8.46. The lowest BCUT2D eigenvalue weighted by Crippen LogP contribution is -2.39. The fourth-order valence-electron chi connectivity index (χ4n) is 3.20. The fraction of sp³-hybridized carbons (Fsp3) is 0.400. The Balaban J connectivity index is 1.71. The standard InChI is InChI=1S/C20H23NO3/c1-13(20(23)21-17-6-8-18(22)9-7-17)14-3-4-16-12-19(24-2)10-5-15(16)11-14/h3-5,10-13,17H,6-9H2,1-2H3,(H,21,23)/t13-/m0/s1. The van der Waals surface area contributed by atoms with Gasteiger partial charge in [-0.2, -0.15) is 0 Å². The molecule has 3 rings (SSSR count). The number of carbonyl (C=O) groups excluding carboxylic acids is 2. The Morgan fingerprint density at radius 1 is 1.12 bits per heavy atom. The van der Waals surface area contributed by atoms with Crippen molar-refractivity contribution < 1.29 is 14.3 Å². The van der Waals surface area contributed by atoms with Gasteiger partial charge < -0.3 is 10.1 Å². The maximum atomic E-state index is 12.5. The van der Waals surface area contributed by atoms with Gasteiger partial charge in [-0.1, -0.05) is 24.3 Å². The second kappa shape index (κ2) is 7.04. The number of benzene rings is 2. The van der Waals surface area contributed by atoms with E-state index in [1.165, 1.54) is 0 Å². The number of ether oxygens (including phenoxy) is 1. The van der Waals surface area contributed by atoms with Gasteiger partial charge in [-0.05, 0) is 48.2 Å². The molecular formula is C20H23NO3. The number of fused-ring (bicyclic) bond motifs is 1. The molecule has 0 spiro atoms. The lowest BCUT2D eigenvalue weighted by Gasteiger charge is -2.24. The molecular weight excluding hydrogens is 302 g/mol. The van der Waals surface area contributed by atoms with Crippen molar-refractivity contribution in [2.24, 2.45) is 0 Å². The number of hydrogen-bond donors (Lipinski definition) is 1. The highest BCUT2D eigenvalue weighted by Gasteiger charge is 2.23. The molecule has 2 aromatic rings. The average Bonchev–Trinajstić information content (AvgIpc) is 2.62. The van der Waals surface area contributed by atoms with E-state index >= 15 is 0 Å². The van der Waals surface area contributed by atoms with Crippen molar-refractivity contribution in [3.8, 4) is 5.75 Å². The van der Waals surface area contributed by atoms with E-state index in [0.717, 1.165) is 34.9 Å². The molecule has 0 bridgehead atoms. The summed E-state index contributed by atoms with van der Waals surface area (Å²) in [7, 11) is 1.65. The molecule has 1 amide bonds. The second-order valence-electron chi connectivity index (χ2n) is 6.52. The van der Waals surface area contributed by atoms with Crippen molar-refractivity contribution >= 4 is 22.5 Å². The zero-order chi connectivity index (χ0) is 17.1. The summed E-state index contributed by atoms with van der Waals surface area (Å²) in [4.78, 5) is 23.8. The largest absolute Gasteiger partial charge is 0.497 e. The van der Waals surface area contributed by atoms with Crippen LogP contribution in [-0.2, 0) is 9.59 Å². The molecule has 0 unspecified atom stereocenters. The maximum absolute atomic E-state index is 12.5. The zero-order valence-electron chi connectivity index (χ0n) is 14.2. The quantitative estimate of drug-likeness (QED) is 0.935. The molecule has 0 radical (unpaired) electrons. The van der Waals surface area contributed by atoms with Gasteiger partial charge in [0.25, 0.3) is 0 Å². The molecule has 0 aliphatic heterocycles.